The summed E-state index contributed by atoms with van der Waals surface area (Å²) in [6.07, 6.45) is 0. The molecule has 1 N–H and O–H groups in total. The number of fused-ring (bicyclic) bond motifs is 1. The molecule has 4 aromatic rings. The van der Waals surface area contributed by atoms with Crippen LogP contribution in [0.3, 0.4) is 0 Å². The van der Waals surface area contributed by atoms with E-state index in [1.807, 2.05) is 55.5 Å². The van der Waals surface area contributed by atoms with E-state index < -0.39 is 4.92 Å². The van der Waals surface area contributed by atoms with Gasteiger partial charge in [-0.15, -0.1) is 0 Å². The van der Waals surface area contributed by atoms with Gasteiger partial charge >= 0.3 is 0 Å². The lowest BCUT2D eigenvalue weighted by Crippen LogP contribution is -2.01. The highest BCUT2D eigenvalue weighted by molar-refractivity contribution is 6.31. The Morgan fingerprint density at radius 3 is 2.47 bits per heavy atom. The second-order valence-corrected chi connectivity index (χ2v) is 7.13. The van der Waals surface area contributed by atoms with Gasteiger partial charge in [-0.05, 0) is 60.0 Å². The Kier molecular flexibility index (Phi) is 5.41. The second-order valence-electron chi connectivity index (χ2n) is 6.70. The van der Waals surface area contributed by atoms with E-state index in [2.05, 4.69) is 15.5 Å². The van der Waals surface area contributed by atoms with Gasteiger partial charge in [0.05, 0.1) is 16.2 Å². The summed E-state index contributed by atoms with van der Waals surface area (Å²) in [6, 6.07) is 23.8. The Labute approximate surface area is 178 Å². The van der Waals surface area contributed by atoms with Gasteiger partial charge in [-0.25, -0.2) is 4.98 Å². The standard InChI is InChI=1S/C23H17ClN4O2/c1-15(16-7-10-19(11-8-16)28(29)30)26-27-23-14-20(17-5-3-2-4-6-17)21-13-18(24)9-12-22(21)25-23/h2-14H,1H3,(H,25,27)/b26-15-. The molecule has 0 aliphatic carbocycles. The quantitative estimate of drug-likeness (QED) is 0.235. The summed E-state index contributed by atoms with van der Waals surface area (Å²) in [6.45, 7) is 1.83. The number of non-ortho nitro benzene ring substituents is 1. The van der Waals surface area contributed by atoms with Crippen molar-refractivity contribution in [2.45, 2.75) is 6.92 Å². The van der Waals surface area contributed by atoms with Crippen LogP contribution >= 0.6 is 11.6 Å². The van der Waals surface area contributed by atoms with Crippen molar-refractivity contribution in [2.75, 3.05) is 5.43 Å². The maximum atomic E-state index is 10.8. The van der Waals surface area contributed by atoms with E-state index in [0.29, 0.717) is 16.6 Å². The van der Waals surface area contributed by atoms with Crippen molar-refractivity contribution in [2.24, 2.45) is 5.10 Å². The van der Waals surface area contributed by atoms with Gasteiger partial charge in [0.15, 0.2) is 0 Å². The molecule has 1 aromatic heterocycles. The number of nitrogens with one attached hydrogen (secondary N) is 1. The number of rotatable bonds is 5. The number of benzene rings is 3. The molecule has 0 fully saturated rings. The van der Waals surface area contributed by atoms with Crippen molar-refractivity contribution < 1.29 is 4.92 Å². The van der Waals surface area contributed by atoms with E-state index in [1.165, 1.54) is 12.1 Å². The molecule has 30 heavy (non-hydrogen) atoms. The third kappa shape index (κ3) is 4.14. The SMILES string of the molecule is C/C(=N/Nc1cc(-c2ccccc2)c2cc(Cl)ccc2n1)c1ccc([N+](=O)[O-])cc1. The van der Waals surface area contributed by atoms with Gasteiger partial charge in [-0.2, -0.15) is 5.10 Å². The van der Waals surface area contributed by atoms with E-state index >= 15 is 0 Å². The van der Waals surface area contributed by atoms with E-state index in [9.17, 15) is 10.1 Å². The molecule has 0 unspecified atom stereocenters. The van der Waals surface area contributed by atoms with Crippen molar-refractivity contribution in [1.82, 2.24) is 4.98 Å². The highest BCUT2D eigenvalue weighted by atomic mass is 35.5. The summed E-state index contributed by atoms with van der Waals surface area (Å²) < 4.78 is 0. The fourth-order valence-electron chi connectivity index (χ4n) is 3.14. The van der Waals surface area contributed by atoms with Crippen molar-refractivity contribution in [3.05, 3.63) is 99.6 Å². The number of hydrogen-bond donors (Lipinski definition) is 1. The molecular formula is C23H17ClN4O2. The highest BCUT2D eigenvalue weighted by Gasteiger charge is 2.09. The van der Waals surface area contributed by atoms with Crippen molar-refractivity contribution in [3.8, 4) is 11.1 Å². The summed E-state index contributed by atoms with van der Waals surface area (Å²) in [4.78, 5) is 15.0. The average molecular weight is 417 g/mol. The smallest absolute Gasteiger partial charge is 0.261 e. The Balaban J connectivity index is 1.70. The first-order valence-electron chi connectivity index (χ1n) is 9.22. The molecule has 4 rings (SSSR count). The summed E-state index contributed by atoms with van der Waals surface area (Å²) in [5, 5.41) is 16.8. The second kappa shape index (κ2) is 8.31. The zero-order valence-corrected chi connectivity index (χ0v) is 16.8. The molecule has 0 bridgehead atoms. The minimum absolute atomic E-state index is 0.0434. The number of nitro benzene ring substituents is 1. The predicted molar refractivity (Wildman–Crippen MR) is 121 cm³/mol. The fourth-order valence-corrected chi connectivity index (χ4v) is 3.31. The maximum Gasteiger partial charge on any atom is 0.269 e. The molecule has 0 amide bonds. The fraction of sp³-hybridized carbons (Fsp3) is 0.0435. The zero-order valence-electron chi connectivity index (χ0n) is 16.0. The van der Waals surface area contributed by atoms with Gasteiger partial charge in [0, 0.05) is 22.5 Å². The molecule has 6 nitrogen and oxygen atoms in total. The number of nitrogens with zero attached hydrogens (tertiary/aromatic N) is 3. The van der Waals surface area contributed by atoms with Crippen LogP contribution in [0.4, 0.5) is 11.5 Å². The minimum Gasteiger partial charge on any atom is -0.261 e. The maximum absolute atomic E-state index is 10.8. The molecule has 0 aliphatic rings. The molecule has 148 valence electrons. The molecule has 0 atom stereocenters. The van der Waals surface area contributed by atoms with E-state index in [-0.39, 0.29) is 5.69 Å². The van der Waals surface area contributed by atoms with Crippen LogP contribution in [0.25, 0.3) is 22.0 Å². The predicted octanol–water partition coefficient (Wildman–Crippen LogP) is 6.30. The molecule has 7 heteroatoms. The van der Waals surface area contributed by atoms with E-state index in [1.54, 1.807) is 18.2 Å². The molecule has 0 radical (unpaired) electrons. The first kappa shape index (κ1) is 19.5. The van der Waals surface area contributed by atoms with E-state index in [0.717, 1.165) is 27.6 Å². The Hall–Kier alpha value is -3.77. The van der Waals surface area contributed by atoms with Crippen LogP contribution in [0.5, 0.6) is 0 Å². The number of aromatic nitrogens is 1. The number of hydrazone groups is 1. The molecule has 0 saturated heterocycles. The van der Waals surface area contributed by atoms with Crippen LogP contribution in [-0.4, -0.2) is 15.6 Å². The lowest BCUT2D eigenvalue weighted by Gasteiger charge is -2.11. The van der Waals surface area contributed by atoms with Crippen molar-refractivity contribution >= 4 is 39.7 Å². The molecule has 1 heterocycles. The summed E-state index contributed by atoms with van der Waals surface area (Å²) >= 11 is 6.21. The van der Waals surface area contributed by atoms with Crippen LogP contribution in [0.15, 0.2) is 84.0 Å². The van der Waals surface area contributed by atoms with Gasteiger partial charge in [0.1, 0.15) is 5.82 Å². The first-order chi connectivity index (χ1) is 14.5. The number of halogens is 1. The third-order valence-electron chi connectivity index (χ3n) is 4.69. The zero-order chi connectivity index (χ0) is 21.1. The van der Waals surface area contributed by atoms with Gasteiger partial charge in [0.25, 0.3) is 5.69 Å². The molecule has 0 spiro atoms. The molecule has 3 aromatic carbocycles. The Morgan fingerprint density at radius 1 is 1.03 bits per heavy atom. The average Bonchev–Trinajstić information content (AvgIpc) is 2.77. The Morgan fingerprint density at radius 2 is 1.77 bits per heavy atom. The number of anilines is 1. The Bertz CT molecular complexity index is 1260. The lowest BCUT2D eigenvalue weighted by atomic mass is 10.0. The van der Waals surface area contributed by atoms with Crippen LogP contribution in [0.2, 0.25) is 5.02 Å². The number of pyridine rings is 1. The van der Waals surface area contributed by atoms with Crippen molar-refractivity contribution in [3.63, 3.8) is 0 Å². The van der Waals surface area contributed by atoms with E-state index in [4.69, 9.17) is 11.6 Å². The molecule has 0 saturated carbocycles. The van der Waals surface area contributed by atoms with Crippen LogP contribution in [-0.2, 0) is 0 Å². The first-order valence-corrected chi connectivity index (χ1v) is 9.60. The van der Waals surface area contributed by atoms with Gasteiger partial charge in [0.2, 0.25) is 0 Å². The minimum atomic E-state index is -0.426. The summed E-state index contributed by atoms with van der Waals surface area (Å²) in [7, 11) is 0. The van der Waals surface area contributed by atoms with Crippen molar-refractivity contribution in [1.29, 1.82) is 0 Å². The van der Waals surface area contributed by atoms with Gasteiger partial charge in [-0.1, -0.05) is 41.9 Å². The van der Waals surface area contributed by atoms with Crippen LogP contribution < -0.4 is 5.43 Å². The number of nitro groups is 1. The molecule has 0 aliphatic heterocycles. The third-order valence-corrected chi connectivity index (χ3v) is 4.92. The van der Waals surface area contributed by atoms with Gasteiger partial charge in [-0.3, -0.25) is 15.5 Å². The van der Waals surface area contributed by atoms with Crippen LogP contribution in [0.1, 0.15) is 12.5 Å². The monoisotopic (exact) mass is 416 g/mol. The number of hydrogen-bond acceptors (Lipinski definition) is 5. The van der Waals surface area contributed by atoms with Gasteiger partial charge < -0.3 is 0 Å². The largest absolute Gasteiger partial charge is 0.269 e. The van der Waals surface area contributed by atoms with Crippen LogP contribution in [0, 0.1) is 10.1 Å². The highest BCUT2D eigenvalue weighted by Crippen LogP contribution is 2.32. The molecular weight excluding hydrogens is 400 g/mol. The topological polar surface area (TPSA) is 80.4 Å². The summed E-state index contributed by atoms with van der Waals surface area (Å²) in [5.41, 5.74) is 7.36. The lowest BCUT2D eigenvalue weighted by molar-refractivity contribution is -0.384. The summed E-state index contributed by atoms with van der Waals surface area (Å²) in [5.74, 6) is 0.588. The normalized spacial score (nSPS) is 11.5.